The Balaban J connectivity index is 2.01. The minimum atomic E-state index is -0.352. The van der Waals surface area contributed by atoms with Crippen LogP contribution >= 0.6 is 0 Å². The Morgan fingerprint density at radius 1 is 1.33 bits per heavy atom. The van der Waals surface area contributed by atoms with Crippen LogP contribution in [0.25, 0.3) is 0 Å². The number of pyridine rings is 1. The van der Waals surface area contributed by atoms with E-state index in [1.807, 2.05) is 25.1 Å². The van der Waals surface area contributed by atoms with Gasteiger partial charge in [0.15, 0.2) is 0 Å². The van der Waals surface area contributed by atoms with Crippen LogP contribution in [0.5, 0.6) is 5.75 Å². The number of phenols is 1. The molecule has 0 fully saturated rings. The van der Waals surface area contributed by atoms with Gasteiger partial charge in [0.05, 0.1) is 5.69 Å². The highest BCUT2D eigenvalue weighted by Crippen LogP contribution is 2.18. The van der Waals surface area contributed by atoms with E-state index in [2.05, 4.69) is 10.3 Å². The van der Waals surface area contributed by atoms with Crippen molar-refractivity contribution < 1.29 is 9.50 Å². The summed E-state index contributed by atoms with van der Waals surface area (Å²) < 4.78 is 13.0. The molecule has 0 bridgehead atoms. The Labute approximate surface area is 105 Å². The molecule has 0 unspecified atom stereocenters. The summed E-state index contributed by atoms with van der Waals surface area (Å²) in [5.41, 5.74) is 1.45. The van der Waals surface area contributed by atoms with Crippen LogP contribution in [-0.2, 0) is 6.54 Å². The van der Waals surface area contributed by atoms with Crippen LogP contribution in [-0.4, -0.2) is 10.1 Å². The zero-order valence-electron chi connectivity index (χ0n) is 10.1. The molecule has 1 aromatic carbocycles. The normalized spacial score (nSPS) is 12.3. The predicted octanol–water partition coefficient (Wildman–Crippen LogP) is 2.78. The third kappa shape index (κ3) is 3.05. The first kappa shape index (κ1) is 12.5. The van der Waals surface area contributed by atoms with E-state index in [-0.39, 0.29) is 17.6 Å². The molecule has 2 aromatic rings. The van der Waals surface area contributed by atoms with E-state index in [1.54, 1.807) is 6.20 Å². The number of halogens is 1. The van der Waals surface area contributed by atoms with E-state index in [0.29, 0.717) is 12.1 Å². The zero-order chi connectivity index (χ0) is 13.0. The van der Waals surface area contributed by atoms with Crippen molar-refractivity contribution in [1.29, 1.82) is 0 Å². The smallest absolute Gasteiger partial charge is 0.123 e. The van der Waals surface area contributed by atoms with Crippen LogP contribution in [0, 0.1) is 5.82 Å². The molecule has 2 rings (SSSR count). The summed E-state index contributed by atoms with van der Waals surface area (Å²) in [6.07, 6.45) is 1.73. The van der Waals surface area contributed by atoms with Gasteiger partial charge < -0.3 is 10.4 Å². The van der Waals surface area contributed by atoms with Crippen molar-refractivity contribution in [1.82, 2.24) is 10.3 Å². The van der Waals surface area contributed by atoms with E-state index in [1.165, 1.54) is 18.2 Å². The van der Waals surface area contributed by atoms with Crippen molar-refractivity contribution in [2.45, 2.75) is 19.5 Å². The fraction of sp³-hybridized carbons (Fsp3) is 0.214. The third-order valence-corrected chi connectivity index (χ3v) is 2.77. The maximum atomic E-state index is 13.0. The molecule has 1 aromatic heterocycles. The number of hydrogen-bond donors (Lipinski definition) is 2. The van der Waals surface area contributed by atoms with Gasteiger partial charge in [-0.25, -0.2) is 4.39 Å². The summed E-state index contributed by atoms with van der Waals surface area (Å²) in [7, 11) is 0. The van der Waals surface area contributed by atoms with E-state index in [0.717, 1.165) is 5.69 Å². The first-order chi connectivity index (χ1) is 8.66. The lowest BCUT2D eigenvalue weighted by atomic mass is 10.1. The molecule has 0 saturated heterocycles. The van der Waals surface area contributed by atoms with Crippen LogP contribution in [0.1, 0.15) is 24.2 Å². The lowest BCUT2D eigenvalue weighted by molar-refractivity contribution is 0.456. The number of nitrogens with one attached hydrogen (secondary N) is 1. The summed E-state index contributed by atoms with van der Waals surface area (Å²) in [4.78, 5) is 4.23. The molecule has 0 radical (unpaired) electrons. The molecule has 0 spiro atoms. The summed E-state index contributed by atoms with van der Waals surface area (Å²) in [5.74, 6) is -0.257. The Kier molecular flexibility index (Phi) is 3.89. The lowest BCUT2D eigenvalue weighted by Gasteiger charge is -2.13. The molecule has 4 heteroatoms. The quantitative estimate of drug-likeness (QED) is 0.872. The fourth-order valence-corrected chi connectivity index (χ4v) is 1.70. The molecule has 0 aliphatic rings. The van der Waals surface area contributed by atoms with Crippen molar-refractivity contribution in [3.63, 3.8) is 0 Å². The number of nitrogens with zero attached hydrogens (tertiary/aromatic N) is 1. The SMILES string of the molecule is C[C@@H](NCc1cc(F)ccc1O)c1ccccn1. The van der Waals surface area contributed by atoms with Gasteiger partial charge in [-0.3, -0.25) is 4.98 Å². The van der Waals surface area contributed by atoms with Gasteiger partial charge in [0.1, 0.15) is 11.6 Å². The van der Waals surface area contributed by atoms with Gasteiger partial charge in [0.2, 0.25) is 0 Å². The van der Waals surface area contributed by atoms with Crippen LogP contribution < -0.4 is 5.32 Å². The molecular formula is C14H15FN2O. The van der Waals surface area contributed by atoms with E-state index >= 15 is 0 Å². The molecule has 2 N–H and O–H groups in total. The predicted molar refractivity (Wildman–Crippen MR) is 67.6 cm³/mol. The standard InChI is InChI=1S/C14H15FN2O/c1-10(13-4-2-3-7-16-13)17-9-11-8-12(15)5-6-14(11)18/h2-8,10,17-18H,9H2,1H3/t10-/m1/s1. The van der Waals surface area contributed by atoms with Crippen molar-refractivity contribution >= 4 is 0 Å². The first-order valence-corrected chi connectivity index (χ1v) is 5.78. The molecule has 94 valence electrons. The summed E-state index contributed by atoms with van der Waals surface area (Å²) in [5, 5.41) is 12.8. The van der Waals surface area contributed by atoms with Crippen LogP contribution in [0.4, 0.5) is 4.39 Å². The lowest BCUT2D eigenvalue weighted by Crippen LogP contribution is -2.19. The molecule has 0 amide bonds. The second-order valence-corrected chi connectivity index (χ2v) is 4.13. The van der Waals surface area contributed by atoms with Gasteiger partial charge in [0.25, 0.3) is 0 Å². The number of benzene rings is 1. The first-order valence-electron chi connectivity index (χ1n) is 5.78. The molecule has 3 nitrogen and oxygen atoms in total. The fourth-order valence-electron chi connectivity index (χ4n) is 1.70. The molecule has 1 atom stereocenters. The monoisotopic (exact) mass is 246 g/mol. The van der Waals surface area contributed by atoms with E-state index < -0.39 is 0 Å². The molecule has 0 aliphatic carbocycles. The Morgan fingerprint density at radius 3 is 2.89 bits per heavy atom. The number of aromatic hydroxyl groups is 1. The van der Waals surface area contributed by atoms with Crippen LogP contribution in [0.3, 0.4) is 0 Å². The largest absolute Gasteiger partial charge is 0.508 e. The van der Waals surface area contributed by atoms with Crippen molar-refractivity contribution in [3.05, 3.63) is 59.7 Å². The van der Waals surface area contributed by atoms with Crippen molar-refractivity contribution in [2.24, 2.45) is 0 Å². The summed E-state index contributed by atoms with van der Waals surface area (Å²) in [6.45, 7) is 2.36. The van der Waals surface area contributed by atoms with Crippen LogP contribution in [0.2, 0.25) is 0 Å². The van der Waals surface area contributed by atoms with Crippen molar-refractivity contribution in [3.8, 4) is 5.75 Å². The highest BCUT2D eigenvalue weighted by molar-refractivity contribution is 5.32. The van der Waals surface area contributed by atoms with Gasteiger partial charge in [0, 0.05) is 24.3 Å². The van der Waals surface area contributed by atoms with E-state index in [9.17, 15) is 9.50 Å². The minimum Gasteiger partial charge on any atom is -0.508 e. The topological polar surface area (TPSA) is 45.1 Å². The molecular weight excluding hydrogens is 231 g/mol. The highest BCUT2D eigenvalue weighted by atomic mass is 19.1. The van der Waals surface area contributed by atoms with Gasteiger partial charge in [-0.2, -0.15) is 0 Å². The van der Waals surface area contributed by atoms with Crippen molar-refractivity contribution in [2.75, 3.05) is 0 Å². The number of phenolic OH excluding ortho intramolecular Hbond substituents is 1. The number of rotatable bonds is 4. The average molecular weight is 246 g/mol. The highest BCUT2D eigenvalue weighted by Gasteiger charge is 2.08. The van der Waals surface area contributed by atoms with Gasteiger partial charge in [-0.05, 0) is 37.3 Å². The molecule has 18 heavy (non-hydrogen) atoms. The third-order valence-electron chi connectivity index (χ3n) is 2.77. The Bertz CT molecular complexity index is 516. The maximum absolute atomic E-state index is 13.0. The number of aromatic nitrogens is 1. The number of hydrogen-bond acceptors (Lipinski definition) is 3. The summed E-state index contributed by atoms with van der Waals surface area (Å²) >= 11 is 0. The minimum absolute atomic E-state index is 0.0360. The molecule has 0 saturated carbocycles. The van der Waals surface area contributed by atoms with Crippen LogP contribution in [0.15, 0.2) is 42.6 Å². The molecule has 1 heterocycles. The average Bonchev–Trinajstić information content (AvgIpc) is 2.40. The zero-order valence-corrected chi connectivity index (χ0v) is 10.1. The summed E-state index contributed by atoms with van der Waals surface area (Å²) in [6, 6.07) is 9.65. The van der Waals surface area contributed by atoms with E-state index in [4.69, 9.17) is 0 Å². The Hall–Kier alpha value is -1.94. The molecule has 0 aliphatic heterocycles. The van der Waals surface area contributed by atoms with Gasteiger partial charge in [-0.1, -0.05) is 6.07 Å². The maximum Gasteiger partial charge on any atom is 0.123 e. The second kappa shape index (κ2) is 5.60. The van der Waals surface area contributed by atoms with Gasteiger partial charge >= 0.3 is 0 Å². The van der Waals surface area contributed by atoms with Gasteiger partial charge in [-0.15, -0.1) is 0 Å². The second-order valence-electron chi connectivity index (χ2n) is 4.13. The Morgan fingerprint density at radius 2 is 2.17 bits per heavy atom.